The molecule has 1 aliphatic rings. The maximum atomic E-state index is 12.9. The molecule has 1 aromatic carbocycles. The molecule has 0 N–H and O–H groups in total. The molecule has 0 saturated carbocycles. The number of fused-ring (bicyclic) bond motifs is 2. The topological polar surface area (TPSA) is 87.4 Å². The van der Waals surface area contributed by atoms with Gasteiger partial charge in [0.25, 0.3) is 5.91 Å². The molecule has 7 heteroatoms. The van der Waals surface area contributed by atoms with Crippen molar-refractivity contribution < 1.29 is 9.32 Å². The van der Waals surface area contributed by atoms with Crippen molar-refractivity contribution in [1.29, 1.82) is 5.26 Å². The predicted octanol–water partition coefficient (Wildman–Crippen LogP) is 4.03. The fraction of sp³-hybridized carbons (Fsp3) is 0.273. The molecule has 1 aliphatic heterocycles. The molecule has 7 nitrogen and oxygen atoms in total. The molecule has 1 amide bonds. The average Bonchev–Trinajstić information content (AvgIpc) is 3.26. The molecule has 0 aliphatic carbocycles. The highest BCUT2D eigenvalue weighted by atomic mass is 16.5. The van der Waals surface area contributed by atoms with Crippen molar-refractivity contribution in [1.82, 2.24) is 19.4 Å². The number of carbonyl (C=O) groups excluding carboxylic acids is 1. The van der Waals surface area contributed by atoms with Gasteiger partial charge in [0.05, 0.1) is 22.8 Å². The Morgan fingerprint density at radius 3 is 2.72 bits per heavy atom. The number of hydrogen-bond donors (Lipinski definition) is 0. The molecule has 0 bridgehead atoms. The van der Waals surface area contributed by atoms with Gasteiger partial charge in [0.1, 0.15) is 17.4 Å². The molecule has 5 rings (SSSR count). The number of pyridine rings is 1. The number of likely N-dealkylation sites (tertiary alicyclic amines) is 1. The minimum Gasteiger partial charge on any atom is -0.356 e. The highest BCUT2D eigenvalue weighted by Crippen LogP contribution is 2.30. The first-order chi connectivity index (χ1) is 14.2. The highest BCUT2D eigenvalue weighted by Gasteiger charge is 2.20. The third-order valence-electron chi connectivity index (χ3n) is 5.49. The second kappa shape index (κ2) is 7.06. The standard InChI is InChI=1S/C22H19N5O2/c23-12-15-5-8-20-24-13-18(27(20)14-15)21-17-7-6-16(11-19(17)29-25-21)22(28)26-9-3-1-2-4-10-26/h5-8,11,13-14H,1-4,9-10H2. The summed E-state index contributed by atoms with van der Waals surface area (Å²) in [5, 5.41) is 14.2. The van der Waals surface area contributed by atoms with Gasteiger partial charge in [-0.05, 0) is 43.2 Å². The number of benzene rings is 1. The van der Waals surface area contributed by atoms with Crippen molar-refractivity contribution in [3.05, 3.63) is 53.9 Å². The van der Waals surface area contributed by atoms with Gasteiger partial charge in [-0.15, -0.1) is 0 Å². The number of nitriles is 1. The van der Waals surface area contributed by atoms with Gasteiger partial charge in [0.2, 0.25) is 0 Å². The zero-order valence-corrected chi connectivity index (χ0v) is 15.8. The summed E-state index contributed by atoms with van der Waals surface area (Å²) in [4.78, 5) is 19.2. The van der Waals surface area contributed by atoms with E-state index in [9.17, 15) is 10.1 Å². The van der Waals surface area contributed by atoms with Crippen molar-refractivity contribution in [2.75, 3.05) is 13.1 Å². The van der Waals surface area contributed by atoms with Crippen LogP contribution < -0.4 is 0 Å². The fourth-order valence-corrected chi connectivity index (χ4v) is 3.93. The summed E-state index contributed by atoms with van der Waals surface area (Å²) in [6, 6.07) is 11.1. The van der Waals surface area contributed by atoms with Crippen LogP contribution in [0.25, 0.3) is 28.0 Å². The van der Waals surface area contributed by atoms with E-state index in [1.165, 1.54) is 12.8 Å². The Balaban J connectivity index is 1.53. The Morgan fingerprint density at radius 1 is 1.10 bits per heavy atom. The lowest BCUT2D eigenvalue weighted by Crippen LogP contribution is -2.31. The van der Waals surface area contributed by atoms with E-state index in [2.05, 4.69) is 16.2 Å². The van der Waals surface area contributed by atoms with Gasteiger partial charge in [-0.25, -0.2) is 4.98 Å². The van der Waals surface area contributed by atoms with Crippen LogP contribution in [0.5, 0.6) is 0 Å². The quantitative estimate of drug-likeness (QED) is 0.520. The molecule has 0 spiro atoms. The van der Waals surface area contributed by atoms with Crippen LogP contribution in [0, 0.1) is 11.3 Å². The maximum Gasteiger partial charge on any atom is 0.253 e. The maximum absolute atomic E-state index is 12.9. The minimum atomic E-state index is 0.0419. The summed E-state index contributed by atoms with van der Waals surface area (Å²) in [6.45, 7) is 1.61. The zero-order valence-electron chi connectivity index (χ0n) is 15.8. The number of aromatic nitrogens is 3. The molecule has 4 aromatic rings. The van der Waals surface area contributed by atoms with E-state index >= 15 is 0 Å². The molecule has 1 saturated heterocycles. The molecule has 0 radical (unpaired) electrons. The summed E-state index contributed by atoms with van der Waals surface area (Å²) < 4.78 is 7.38. The van der Waals surface area contributed by atoms with Gasteiger partial charge in [-0.1, -0.05) is 18.0 Å². The second-order valence-corrected chi connectivity index (χ2v) is 7.35. The van der Waals surface area contributed by atoms with Crippen LogP contribution in [0.4, 0.5) is 0 Å². The normalized spacial score (nSPS) is 14.8. The lowest BCUT2D eigenvalue weighted by molar-refractivity contribution is 0.0761. The smallest absolute Gasteiger partial charge is 0.253 e. The van der Waals surface area contributed by atoms with Crippen LogP contribution in [-0.2, 0) is 0 Å². The molecule has 0 atom stereocenters. The van der Waals surface area contributed by atoms with Gasteiger partial charge in [0.15, 0.2) is 5.58 Å². The Labute approximate surface area is 167 Å². The van der Waals surface area contributed by atoms with Crippen molar-refractivity contribution in [3.63, 3.8) is 0 Å². The van der Waals surface area contributed by atoms with Crippen LogP contribution >= 0.6 is 0 Å². The summed E-state index contributed by atoms with van der Waals surface area (Å²) in [5.41, 5.74) is 3.82. The van der Waals surface area contributed by atoms with Gasteiger partial charge in [-0.3, -0.25) is 9.20 Å². The number of hydrogen-bond acceptors (Lipinski definition) is 5. The van der Waals surface area contributed by atoms with E-state index in [-0.39, 0.29) is 5.91 Å². The van der Waals surface area contributed by atoms with Crippen LogP contribution in [-0.4, -0.2) is 38.4 Å². The summed E-state index contributed by atoms with van der Waals surface area (Å²) in [7, 11) is 0. The van der Waals surface area contributed by atoms with E-state index < -0.39 is 0 Å². The molecule has 0 unspecified atom stereocenters. The van der Waals surface area contributed by atoms with Crippen LogP contribution in [0.15, 0.2) is 47.2 Å². The first kappa shape index (κ1) is 17.4. The third-order valence-corrected chi connectivity index (χ3v) is 5.49. The number of nitrogens with zero attached hydrogens (tertiary/aromatic N) is 5. The monoisotopic (exact) mass is 385 g/mol. The Kier molecular flexibility index (Phi) is 4.24. The van der Waals surface area contributed by atoms with Gasteiger partial charge in [-0.2, -0.15) is 5.26 Å². The zero-order chi connectivity index (χ0) is 19.8. The predicted molar refractivity (Wildman–Crippen MR) is 107 cm³/mol. The fourth-order valence-electron chi connectivity index (χ4n) is 3.93. The SMILES string of the molecule is N#Cc1ccc2ncc(-c3noc4cc(C(=O)N5CCCCCC5)ccc34)n2c1. The Hall–Kier alpha value is -3.66. The van der Waals surface area contributed by atoms with E-state index in [4.69, 9.17) is 4.52 Å². The first-order valence-corrected chi connectivity index (χ1v) is 9.81. The minimum absolute atomic E-state index is 0.0419. The van der Waals surface area contributed by atoms with E-state index in [0.29, 0.717) is 22.4 Å². The number of carbonyl (C=O) groups is 1. The number of rotatable bonds is 2. The molecule has 3 aromatic heterocycles. The van der Waals surface area contributed by atoms with Crippen LogP contribution in [0.2, 0.25) is 0 Å². The second-order valence-electron chi connectivity index (χ2n) is 7.35. The molecule has 144 valence electrons. The largest absolute Gasteiger partial charge is 0.356 e. The van der Waals surface area contributed by atoms with Crippen LogP contribution in [0.3, 0.4) is 0 Å². The lowest BCUT2D eigenvalue weighted by Gasteiger charge is -2.20. The summed E-state index contributed by atoms with van der Waals surface area (Å²) in [5.74, 6) is 0.0419. The van der Waals surface area contributed by atoms with Crippen molar-refractivity contribution in [3.8, 4) is 17.5 Å². The summed E-state index contributed by atoms with van der Waals surface area (Å²) >= 11 is 0. The molecule has 1 fully saturated rings. The van der Waals surface area contributed by atoms with Crippen molar-refractivity contribution in [2.24, 2.45) is 0 Å². The van der Waals surface area contributed by atoms with Gasteiger partial charge in [0, 0.05) is 24.8 Å². The van der Waals surface area contributed by atoms with Crippen molar-refractivity contribution >= 4 is 22.5 Å². The van der Waals surface area contributed by atoms with Gasteiger partial charge < -0.3 is 9.42 Å². The van der Waals surface area contributed by atoms with E-state index in [0.717, 1.165) is 42.7 Å². The molecular weight excluding hydrogens is 366 g/mol. The van der Waals surface area contributed by atoms with E-state index in [1.807, 2.05) is 21.4 Å². The molecule has 4 heterocycles. The number of amides is 1. The number of imidazole rings is 1. The molecule has 29 heavy (non-hydrogen) atoms. The third kappa shape index (κ3) is 3.03. The molecular formula is C22H19N5O2. The first-order valence-electron chi connectivity index (χ1n) is 9.81. The Bertz CT molecular complexity index is 1260. The lowest BCUT2D eigenvalue weighted by atomic mass is 10.1. The van der Waals surface area contributed by atoms with Gasteiger partial charge >= 0.3 is 0 Å². The highest BCUT2D eigenvalue weighted by molar-refractivity contribution is 6.00. The van der Waals surface area contributed by atoms with Crippen LogP contribution in [0.1, 0.15) is 41.6 Å². The Morgan fingerprint density at radius 2 is 1.93 bits per heavy atom. The average molecular weight is 385 g/mol. The van der Waals surface area contributed by atoms with Crippen molar-refractivity contribution in [2.45, 2.75) is 25.7 Å². The summed E-state index contributed by atoms with van der Waals surface area (Å²) in [6.07, 6.45) is 7.92. The van der Waals surface area contributed by atoms with E-state index in [1.54, 1.807) is 30.6 Å².